The molecule has 9 aromatic heterocycles. The SMILES string of the molecule is C.C.C.C.C.C.C.Cc1cc([C@H]2CCCN(C(C)c3nc4nc(C)sc4cc3F)C2)cc(C)n1.Cc1cc([C@H]2CCCN([C@@H](C)c3nc4nc(C)sc4cc3F)C2)cc(C)n1.Cc1cc([C@H]2CCCN([C@H](C)c3nc4nc(C)sc4cc3F)C2)cc(C)n1. The van der Waals surface area contributed by atoms with E-state index >= 15 is 0 Å². The Kier molecular flexibility index (Phi) is 28.5. The Balaban J connectivity index is 0.000000332. The number of aromatic nitrogens is 9. The van der Waals surface area contributed by atoms with Gasteiger partial charge in [0.1, 0.15) is 17.5 Å². The highest BCUT2D eigenvalue weighted by Crippen LogP contribution is 2.38. The van der Waals surface area contributed by atoms with Crippen molar-refractivity contribution in [3.63, 3.8) is 0 Å². The molecule has 0 bridgehead atoms. The van der Waals surface area contributed by atoms with Gasteiger partial charge in [0.05, 0.1) is 64.3 Å². The van der Waals surface area contributed by atoms with Crippen molar-refractivity contribution >= 4 is 65.1 Å². The van der Waals surface area contributed by atoms with Crippen molar-refractivity contribution in [2.75, 3.05) is 39.3 Å². The van der Waals surface area contributed by atoms with E-state index in [1.807, 2.05) is 62.3 Å². The van der Waals surface area contributed by atoms with Crippen LogP contribution in [0, 0.1) is 79.8 Å². The molecule has 0 saturated carbocycles. The standard InChI is InChI=1S/3C21H25FN4S.7CH4/c3*1-12-8-17(9-13(2)23-12)16-6-5-7-26(11-16)14(3)20-18(22)10-19-21(25-20)24-15(4)27-19;;;;;;;/h3*8-10,14,16H,5-7,11H2,1-4H3;7*1H4/t14?,16-;14-,16+;14-,16-;;;;;;;/m010......./s1. The van der Waals surface area contributed by atoms with E-state index in [4.69, 9.17) is 0 Å². The second kappa shape index (κ2) is 32.8. The number of rotatable bonds is 9. The largest absolute Gasteiger partial charge is 0.294 e. The molecular weight excluding hydrogens is 1160 g/mol. The number of aryl methyl sites for hydroxylation is 9. The first-order chi connectivity index (χ1) is 38.7. The predicted octanol–water partition coefficient (Wildman–Crippen LogP) is 19.7. The van der Waals surface area contributed by atoms with E-state index in [-0.39, 0.29) is 87.6 Å². The van der Waals surface area contributed by atoms with Crippen molar-refractivity contribution in [1.29, 1.82) is 0 Å². The molecule has 6 atom stereocenters. The summed E-state index contributed by atoms with van der Waals surface area (Å²) < 4.78 is 46.7. The number of piperidine rings is 3. The van der Waals surface area contributed by atoms with Crippen LogP contribution in [0.2, 0.25) is 0 Å². The average molecular weight is 1270 g/mol. The minimum absolute atomic E-state index is 0. The third kappa shape index (κ3) is 17.8. The number of hydrogen-bond donors (Lipinski definition) is 0. The molecule has 9 aromatic rings. The lowest BCUT2D eigenvalue weighted by Crippen LogP contribution is -2.37. The van der Waals surface area contributed by atoms with Gasteiger partial charge in [-0.15, -0.1) is 34.0 Å². The molecule has 3 fully saturated rings. The fourth-order valence-corrected chi connectivity index (χ4v) is 14.9. The van der Waals surface area contributed by atoms with Gasteiger partial charge in [0.15, 0.2) is 16.9 Å². The minimum Gasteiger partial charge on any atom is -0.294 e. The highest BCUT2D eigenvalue weighted by atomic mass is 32.1. The van der Waals surface area contributed by atoms with Crippen LogP contribution in [-0.4, -0.2) is 98.8 Å². The minimum atomic E-state index is -0.226. The van der Waals surface area contributed by atoms with Crippen LogP contribution in [0.5, 0.6) is 0 Å². The number of likely N-dealkylation sites (tertiary alicyclic amines) is 3. The quantitative estimate of drug-likeness (QED) is 0.137. The van der Waals surface area contributed by atoms with Gasteiger partial charge in [0, 0.05) is 53.8 Å². The molecule has 12 rings (SSSR count). The summed E-state index contributed by atoms with van der Waals surface area (Å²) in [4.78, 5) is 47.6. The van der Waals surface area contributed by atoms with Crippen LogP contribution >= 0.6 is 34.0 Å². The smallest absolute Gasteiger partial charge is 0.171 e. The second-order valence-electron chi connectivity index (χ2n) is 22.8. The lowest BCUT2D eigenvalue weighted by Gasteiger charge is -2.37. The maximum Gasteiger partial charge on any atom is 0.171 e. The molecule has 0 amide bonds. The average Bonchev–Trinajstić information content (AvgIpc) is 3.01. The third-order valence-corrected chi connectivity index (χ3v) is 19.0. The van der Waals surface area contributed by atoms with Crippen LogP contribution in [0.25, 0.3) is 31.0 Å². The first-order valence-corrected chi connectivity index (χ1v) is 31.0. The van der Waals surface area contributed by atoms with Crippen molar-refractivity contribution in [1.82, 2.24) is 59.6 Å². The summed E-state index contributed by atoms with van der Waals surface area (Å²) in [5, 5.41) is 2.76. The molecule has 3 saturated heterocycles. The molecule has 0 spiro atoms. The molecule has 0 aromatic carbocycles. The molecule has 0 N–H and O–H groups in total. The number of hydrogen-bond acceptors (Lipinski definition) is 15. The fraction of sp³-hybridized carbons (Fsp3) is 0.529. The molecular formula is C70H103F3N12S3. The number of thiazole rings is 3. The Morgan fingerprint density at radius 2 is 0.580 bits per heavy atom. The lowest BCUT2D eigenvalue weighted by molar-refractivity contribution is 0.153. The molecule has 482 valence electrons. The topological polar surface area (TPSA) is 126 Å². The zero-order valence-electron chi connectivity index (χ0n) is 48.9. The van der Waals surface area contributed by atoms with Gasteiger partial charge in [-0.25, -0.2) is 43.1 Å². The van der Waals surface area contributed by atoms with E-state index in [0.29, 0.717) is 51.8 Å². The van der Waals surface area contributed by atoms with Gasteiger partial charge >= 0.3 is 0 Å². The fourth-order valence-electron chi connectivity index (χ4n) is 12.5. The molecule has 88 heavy (non-hydrogen) atoms. The monoisotopic (exact) mass is 1260 g/mol. The summed E-state index contributed by atoms with van der Waals surface area (Å²) >= 11 is 4.47. The normalized spacial score (nSPS) is 18.0. The summed E-state index contributed by atoms with van der Waals surface area (Å²) in [6, 6.07) is 17.7. The van der Waals surface area contributed by atoms with Crippen molar-refractivity contribution in [2.45, 2.75) is 209 Å². The van der Waals surface area contributed by atoms with E-state index in [1.165, 1.54) is 50.7 Å². The van der Waals surface area contributed by atoms with E-state index in [0.717, 1.165) is 141 Å². The molecule has 12 heterocycles. The third-order valence-electron chi connectivity index (χ3n) is 16.3. The van der Waals surface area contributed by atoms with Crippen LogP contribution in [0.3, 0.4) is 0 Å². The highest BCUT2D eigenvalue weighted by Gasteiger charge is 2.32. The van der Waals surface area contributed by atoms with Gasteiger partial charge < -0.3 is 0 Å². The second-order valence-corrected chi connectivity index (χ2v) is 26.5. The van der Waals surface area contributed by atoms with Crippen molar-refractivity contribution in [2.24, 2.45) is 0 Å². The van der Waals surface area contributed by atoms with Crippen molar-refractivity contribution in [3.05, 3.63) is 155 Å². The molecule has 0 radical (unpaired) electrons. The molecule has 12 nitrogen and oxygen atoms in total. The summed E-state index contributed by atoms with van der Waals surface area (Å²) in [5.74, 6) is 0.684. The predicted molar refractivity (Wildman–Crippen MR) is 370 cm³/mol. The number of pyridine rings is 6. The zero-order valence-corrected chi connectivity index (χ0v) is 51.3. The maximum atomic E-state index is 14.7. The van der Waals surface area contributed by atoms with Crippen molar-refractivity contribution in [3.8, 4) is 0 Å². The molecule has 0 aliphatic carbocycles. The van der Waals surface area contributed by atoms with Crippen LogP contribution < -0.4 is 0 Å². The number of fused-ring (bicyclic) bond motifs is 3. The number of halogens is 3. The van der Waals surface area contributed by atoms with Crippen LogP contribution in [0.4, 0.5) is 13.2 Å². The Morgan fingerprint density at radius 3 is 0.807 bits per heavy atom. The van der Waals surface area contributed by atoms with E-state index < -0.39 is 0 Å². The molecule has 3 aliphatic rings. The van der Waals surface area contributed by atoms with Gasteiger partial charge in [-0.3, -0.25) is 29.7 Å². The van der Waals surface area contributed by atoms with E-state index in [2.05, 4.69) is 117 Å². The highest BCUT2D eigenvalue weighted by molar-refractivity contribution is 7.19. The maximum absolute atomic E-state index is 14.7. The van der Waals surface area contributed by atoms with Crippen LogP contribution in [0.1, 0.15) is 230 Å². The van der Waals surface area contributed by atoms with E-state index in [9.17, 15) is 13.2 Å². The van der Waals surface area contributed by atoms with Gasteiger partial charge in [-0.2, -0.15) is 0 Å². The Morgan fingerprint density at radius 1 is 0.352 bits per heavy atom. The lowest BCUT2D eigenvalue weighted by atomic mass is 9.89. The molecule has 18 heteroatoms. The first-order valence-electron chi connectivity index (χ1n) is 28.6. The van der Waals surface area contributed by atoms with Crippen LogP contribution in [-0.2, 0) is 0 Å². The van der Waals surface area contributed by atoms with Gasteiger partial charge in [-0.1, -0.05) is 52.0 Å². The van der Waals surface area contributed by atoms with E-state index in [1.54, 1.807) is 18.2 Å². The summed E-state index contributed by atoms with van der Waals surface area (Å²) in [6.07, 6.45) is 6.80. The summed E-state index contributed by atoms with van der Waals surface area (Å²) in [5.41, 5.74) is 13.9. The van der Waals surface area contributed by atoms with Gasteiger partial charge in [0.25, 0.3) is 0 Å². The first kappa shape index (κ1) is 76.5. The zero-order chi connectivity index (χ0) is 57.4. The van der Waals surface area contributed by atoms with Crippen LogP contribution in [0.15, 0.2) is 54.6 Å². The molecule has 1 unspecified atom stereocenters. The summed E-state index contributed by atoms with van der Waals surface area (Å²) in [6.45, 7) is 29.9. The van der Waals surface area contributed by atoms with Gasteiger partial charge in [-0.05, 0) is 230 Å². The summed E-state index contributed by atoms with van der Waals surface area (Å²) in [7, 11) is 0. The van der Waals surface area contributed by atoms with Gasteiger partial charge in [0.2, 0.25) is 0 Å². The Bertz CT molecular complexity index is 3270. The molecule has 3 aliphatic heterocycles. The van der Waals surface area contributed by atoms with Crippen molar-refractivity contribution < 1.29 is 13.2 Å². The number of nitrogens with zero attached hydrogens (tertiary/aromatic N) is 12. The Hall–Kier alpha value is -5.76. The Labute approximate surface area is 538 Å².